The van der Waals surface area contributed by atoms with Crippen LogP contribution in [0.4, 0.5) is 4.79 Å². The third-order valence-corrected chi connectivity index (χ3v) is 3.53. The molecule has 0 fully saturated rings. The number of nitrogens with two attached hydrogens (primary N) is 1. The number of rotatable bonds is 6. The van der Waals surface area contributed by atoms with Gasteiger partial charge in [-0.1, -0.05) is 11.2 Å². The Morgan fingerprint density at radius 1 is 1.31 bits per heavy atom. The number of hydrogen-bond donors (Lipinski definition) is 2. The van der Waals surface area contributed by atoms with E-state index in [0.717, 1.165) is 11.3 Å². The van der Waals surface area contributed by atoms with Crippen molar-refractivity contribution in [2.75, 3.05) is 0 Å². The second-order valence-electron chi connectivity index (χ2n) is 5.52. The minimum absolute atomic E-state index is 0.194. The smallest absolute Gasteiger partial charge is 0.339 e. The van der Waals surface area contributed by atoms with Crippen molar-refractivity contribution in [1.82, 2.24) is 10.5 Å². The molecule has 0 radical (unpaired) electrons. The van der Waals surface area contributed by atoms with E-state index in [1.807, 2.05) is 12.2 Å². The van der Waals surface area contributed by atoms with E-state index in [1.54, 1.807) is 19.1 Å². The van der Waals surface area contributed by atoms with Gasteiger partial charge < -0.3 is 19.7 Å². The Morgan fingerprint density at radius 3 is 2.65 bits per heavy atom. The lowest BCUT2D eigenvalue weighted by Gasteiger charge is -2.12. The second kappa shape index (κ2) is 8.15. The van der Waals surface area contributed by atoms with Crippen LogP contribution in [0.5, 0.6) is 5.75 Å². The van der Waals surface area contributed by atoms with Gasteiger partial charge in [0.05, 0.1) is 16.8 Å². The molecule has 2 rings (SSSR count). The maximum atomic E-state index is 12.1. The van der Waals surface area contributed by atoms with Crippen LogP contribution in [0.25, 0.3) is 0 Å². The van der Waals surface area contributed by atoms with Crippen molar-refractivity contribution < 1.29 is 28.4 Å². The summed E-state index contributed by atoms with van der Waals surface area (Å²) >= 11 is 0. The van der Waals surface area contributed by atoms with E-state index in [-0.39, 0.29) is 12.2 Å². The summed E-state index contributed by atoms with van der Waals surface area (Å²) in [4.78, 5) is 34.3. The molecular formula is C17H19N3O6. The number of carbonyl (C=O) groups excluding carboxylic acids is 3. The fourth-order valence-corrected chi connectivity index (χ4v) is 2.08. The van der Waals surface area contributed by atoms with Crippen LogP contribution in [-0.2, 0) is 16.1 Å². The Morgan fingerprint density at radius 2 is 2.04 bits per heavy atom. The number of ether oxygens (including phenoxy) is 2. The molecule has 9 heteroatoms. The van der Waals surface area contributed by atoms with Crippen LogP contribution in [0.3, 0.4) is 0 Å². The van der Waals surface area contributed by atoms with Crippen LogP contribution in [0, 0.1) is 13.8 Å². The van der Waals surface area contributed by atoms with Crippen LogP contribution in [-0.4, -0.2) is 29.2 Å². The molecule has 3 amide bonds. The summed E-state index contributed by atoms with van der Waals surface area (Å²) in [6.07, 6.45) is -1.18. The second-order valence-corrected chi connectivity index (χ2v) is 5.52. The van der Waals surface area contributed by atoms with E-state index >= 15 is 0 Å². The number of imide groups is 1. The van der Waals surface area contributed by atoms with Crippen molar-refractivity contribution >= 4 is 17.9 Å². The van der Waals surface area contributed by atoms with Gasteiger partial charge in [0, 0.05) is 0 Å². The zero-order valence-electron chi connectivity index (χ0n) is 14.6. The lowest BCUT2D eigenvalue weighted by atomic mass is 10.2. The van der Waals surface area contributed by atoms with Gasteiger partial charge in [-0.05, 0) is 39.0 Å². The summed E-state index contributed by atoms with van der Waals surface area (Å²) in [6, 6.07) is 5.28. The fourth-order valence-electron chi connectivity index (χ4n) is 2.08. The van der Waals surface area contributed by atoms with Crippen LogP contribution < -0.4 is 15.8 Å². The quantitative estimate of drug-likeness (QED) is 0.746. The molecule has 0 aliphatic heterocycles. The highest BCUT2D eigenvalue weighted by Crippen LogP contribution is 2.19. The van der Waals surface area contributed by atoms with E-state index in [4.69, 9.17) is 19.7 Å². The van der Waals surface area contributed by atoms with Gasteiger partial charge in [0.15, 0.2) is 6.10 Å². The van der Waals surface area contributed by atoms with E-state index in [2.05, 4.69) is 5.16 Å². The Bertz CT molecular complexity index is 810. The summed E-state index contributed by atoms with van der Waals surface area (Å²) in [6.45, 7) is 5.15. The van der Waals surface area contributed by atoms with Gasteiger partial charge in [0.1, 0.15) is 18.1 Å². The predicted molar refractivity (Wildman–Crippen MR) is 89.4 cm³/mol. The first kappa shape index (κ1) is 19.0. The van der Waals surface area contributed by atoms with Crippen molar-refractivity contribution in [3.8, 4) is 5.75 Å². The molecule has 0 saturated carbocycles. The van der Waals surface area contributed by atoms with Crippen molar-refractivity contribution in [3.63, 3.8) is 0 Å². The van der Waals surface area contributed by atoms with E-state index < -0.39 is 24.0 Å². The minimum Gasteiger partial charge on any atom is -0.489 e. The highest BCUT2D eigenvalue weighted by Gasteiger charge is 2.20. The molecule has 138 valence electrons. The number of benzene rings is 1. The first-order chi connectivity index (χ1) is 12.3. The van der Waals surface area contributed by atoms with Gasteiger partial charge in [-0.2, -0.15) is 0 Å². The average Bonchev–Trinajstić information content (AvgIpc) is 2.90. The van der Waals surface area contributed by atoms with Gasteiger partial charge in [-0.25, -0.2) is 9.59 Å². The minimum atomic E-state index is -1.18. The molecule has 3 N–H and O–H groups in total. The molecule has 1 heterocycles. The molecule has 0 saturated heterocycles. The zero-order valence-corrected chi connectivity index (χ0v) is 14.6. The lowest BCUT2D eigenvalue weighted by Crippen LogP contribution is -2.42. The number of carbonyl (C=O) groups is 3. The highest BCUT2D eigenvalue weighted by atomic mass is 16.5. The van der Waals surface area contributed by atoms with Crippen LogP contribution in [0.1, 0.15) is 34.3 Å². The summed E-state index contributed by atoms with van der Waals surface area (Å²) in [5.74, 6) is -0.447. The topological polar surface area (TPSA) is 134 Å². The first-order valence-electron chi connectivity index (χ1n) is 7.73. The standard InChI is InChI=1S/C17H19N3O6/c1-9-14(10(2)26-20-9)8-24-13-6-4-5-12(7-13)16(22)25-11(3)15(21)19-17(18)23/h4-7,11H,8H2,1-3H3,(H3,18,19,21,23). The van der Waals surface area contributed by atoms with Gasteiger partial charge in [0.2, 0.25) is 0 Å². The van der Waals surface area contributed by atoms with E-state index in [0.29, 0.717) is 11.5 Å². The Hall–Kier alpha value is -3.36. The van der Waals surface area contributed by atoms with Gasteiger partial charge in [0.25, 0.3) is 5.91 Å². The Balaban J connectivity index is 2.00. The monoisotopic (exact) mass is 361 g/mol. The third kappa shape index (κ3) is 4.82. The number of amides is 3. The summed E-state index contributed by atoms with van der Waals surface area (Å²) in [5.41, 5.74) is 6.60. The number of nitrogens with zero attached hydrogens (tertiary/aromatic N) is 1. The number of esters is 1. The van der Waals surface area contributed by atoms with Crippen molar-refractivity contribution in [1.29, 1.82) is 0 Å². The summed E-state index contributed by atoms with van der Waals surface area (Å²) in [5, 5.41) is 5.68. The molecule has 26 heavy (non-hydrogen) atoms. The molecule has 2 aromatic rings. The molecule has 1 aromatic carbocycles. The molecule has 0 spiro atoms. The first-order valence-corrected chi connectivity index (χ1v) is 7.73. The average molecular weight is 361 g/mol. The predicted octanol–water partition coefficient (Wildman–Crippen LogP) is 1.61. The molecule has 0 bridgehead atoms. The Kier molecular flexibility index (Phi) is 5.94. The van der Waals surface area contributed by atoms with Gasteiger partial charge in [-0.3, -0.25) is 10.1 Å². The van der Waals surface area contributed by atoms with Crippen molar-refractivity contribution in [2.45, 2.75) is 33.5 Å². The number of aromatic nitrogens is 1. The number of urea groups is 1. The zero-order chi connectivity index (χ0) is 19.3. The molecule has 1 aromatic heterocycles. The molecular weight excluding hydrogens is 342 g/mol. The molecule has 1 unspecified atom stereocenters. The van der Waals surface area contributed by atoms with E-state index in [1.165, 1.54) is 19.1 Å². The number of nitrogens with one attached hydrogen (secondary N) is 1. The summed E-state index contributed by atoms with van der Waals surface area (Å²) in [7, 11) is 0. The van der Waals surface area contributed by atoms with Gasteiger partial charge in [-0.15, -0.1) is 0 Å². The van der Waals surface area contributed by atoms with Crippen molar-refractivity contribution in [3.05, 3.63) is 46.8 Å². The lowest BCUT2D eigenvalue weighted by molar-refractivity contribution is -0.127. The molecule has 1 atom stereocenters. The molecule has 0 aliphatic rings. The van der Waals surface area contributed by atoms with Crippen LogP contribution in [0.15, 0.2) is 28.8 Å². The molecule has 0 aliphatic carbocycles. The van der Waals surface area contributed by atoms with Crippen molar-refractivity contribution in [2.24, 2.45) is 5.73 Å². The maximum absolute atomic E-state index is 12.1. The highest BCUT2D eigenvalue weighted by molar-refractivity contribution is 5.98. The normalized spacial score (nSPS) is 11.5. The van der Waals surface area contributed by atoms with E-state index in [9.17, 15) is 14.4 Å². The molecule has 9 nitrogen and oxygen atoms in total. The largest absolute Gasteiger partial charge is 0.489 e. The maximum Gasteiger partial charge on any atom is 0.339 e. The number of aryl methyl sites for hydroxylation is 2. The number of primary amides is 1. The SMILES string of the molecule is Cc1noc(C)c1COc1cccc(C(=O)OC(C)C(=O)NC(N)=O)c1. The van der Waals surface area contributed by atoms with Crippen LogP contribution >= 0.6 is 0 Å². The fraction of sp³-hybridized carbons (Fsp3) is 0.294. The number of hydrogen-bond acceptors (Lipinski definition) is 7. The summed E-state index contributed by atoms with van der Waals surface area (Å²) < 4.78 is 15.7. The Labute approximate surface area is 149 Å². The third-order valence-electron chi connectivity index (χ3n) is 3.53. The van der Waals surface area contributed by atoms with Crippen LogP contribution in [0.2, 0.25) is 0 Å². The van der Waals surface area contributed by atoms with Gasteiger partial charge >= 0.3 is 12.0 Å².